The van der Waals surface area contributed by atoms with Crippen LogP contribution in [-0.2, 0) is 6.42 Å². The number of pyridine rings is 1. The van der Waals surface area contributed by atoms with Crippen LogP contribution in [0.3, 0.4) is 0 Å². The van der Waals surface area contributed by atoms with Gasteiger partial charge in [-0.3, -0.25) is 0 Å². The molecule has 4 nitrogen and oxygen atoms in total. The molecule has 0 atom stereocenters. The van der Waals surface area contributed by atoms with Gasteiger partial charge in [-0.05, 0) is 32.4 Å². The second-order valence-electron chi connectivity index (χ2n) is 4.21. The zero-order valence-electron chi connectivity index (χ0n) is 11.4. The van der Waals surface area contributed by atoms with E-state index in [1.54, 1.807) is 6.07 Å². The third-order valence-electron chi connectivity index (χ3n) is 2.87. The van der Waals surface area contributed by atoms with Gasteiger partial charge in [0.15, 0.2) is 5.82 Å². The van der Waals surface area contributed by atoms with Crippen molar-refractivity contribution in [3.05, 3.63) is 35.4 Å². The first-order valence-electron chi connectivity index (χ1n) is 6.39. The summed E-state index contributed by atoms with van der Waals surface area (Å²) in [7, 11) is 0. The highest BCUT2D eigenvalue weighted by Gasteiger charge is 2.11. The van der Waals surface area contributed by atoms with E-state index in [0.29, 0.717) is 11.5 Å². The van der Waals surface area contributed by atoms with Gasteiger partial charge in [-0.1, -0.05) is 6.92 Å². The minimum atomic E-state index is -0.363. The lowest BCUT2D eigenvalue weighted by atomic mass is 10.1. The van der Waals surface area contributed by atoms with Crippen LogP contribution in [-0.4, -0.2) is 21.5 Å². The molecule has 0 saturated heterocycles. The van der Waals surface area contributed by atoms with E-state index < -0.39 is 0 Å². The molecular formula is C14H17FN4. The Labute approximate surface area is 112 Å². The molecule has 100 valence electrons. The molecule has 0 aliphatic rings. The summed E-state index contributed by atoms with van der Waals surface area (Å²) in [4.78, 5) is 13.0. The first-order chi connectivity index (χ1) is 9.15. The molecule has 0 aliphatic carbocycles. The van der Waals surface area contributed by atoms with Gasteiger partial charge in [0, 0.05) is 17.8 Å². The Bertz CT molecular complexity index is 566. The van der Waals surface area contributed by atoms with Crippen molar-refractivity contribution in [1.82, 2.24) is 15.0 Å². The Morgan fingerprint density at radius 3 is 2.58 bits per heavy atom. The van der Waals surface area contributed by atoms with Crippen LogP contribution in [0.15, 0.2) is 18.3 Å². The van der Waals surface area contributed by atoms with Crippen molar-refractivity contribution in [3.8, 4) is 11.5 Å². The fraction of sp³-hybridized carbons (Fsp3) is 0.357. The number of nitrogens with one attached hydrogen (secondary N) is 1. The van der Waals surface area contributed by atoms with Crippen LogP contribution < -0.4 is 5.32 Å². The number of rotatable bonds is 4. The van der Waals surface area contributed by atoms with E-state index in [4.69, 9.17) is 0 Å². The summed E-state index contributed by atoms with van der Waals surface area (Å²) in [6, 6.07) is 2.95. The van der Waals surface area contributed by atoms with Gasteiger partial charge < -0.3 is 5.32 Å². The van der Waals surface area contributed by atoms with Gasteiger partial charge in [-0.15, -0.1) is 0 Å². The zero-order chi connectivity index (χ0) is 13.8. The van der Waals surface area contributed by atoms with Crippen LogP contribution >= 0.6 is 0 Å². The van der Waals surface area contributed by atoms with Crippen molar-refractivity contribution >= 4 is 5.82 Å². The van der Waals surface area contributed by atoms with Gasteiger partial charge in [0.25, 0.3) is 0 Å². The Balaban J connectivity index is 2.49. The summed E-state index contributed by atoms with van der Waals surface area (Å²) in [5.41, 5.74) is 2.61. The lowest BCUT2D eigenvalue weighted by Gasteiger charge is -2.12. The minimum absolute atomic E-state index is 0.363. The third kappa shape index (κ3) is 2.86. The maximum Gasteiger partial charge on any atom is 0.180 e. The quantitative estimate of drug-likeness (QED) is 0.918. The minimum Gasteiger partial charge on any atom is -0.370 e. The number of aryl methyl sites for hydroxylation is 1. The van der Waals surface area contributed by atoms with Gasteiger partial charge in [0.05, 0.1) is 6.20 Å². The Morgan fingerprint density at radius 2 is 2.00 bits per heavy atom. The van der Waals surface area contributed by atoms with Gasteiger partial charge in [-0.2, -0.15) is 0 Å². The van der Waals surface area contributed by atoms with Gasteiger partial charge in [0.2, 0.25) is 0 Å². The van der Waals surface area contributed by atoms with Crippen LogP contribution in [0, 0.1) is 12.7 Å². The maximum atomic E-state index is 12.9. The molecule has 0 amide bonds. The number of halogens is 1. The molecule has 2 rings (SSSR count). The molecule has 2 aromatic heterocycles. The lowest BCUT2D eigenvalue weighted by Crippen LogP contribution is -2.08. The second-order valence-corrected chi connectivity index (χ2v) is 4.21. The Morgan fingerprint density at radius 1 is 1.21 bits per heavy atom. The molecule has 0 spiro atoms. The second kappa shape index (κ2) is 5.73. The molecule has 0 saturated carbocycles. The summed E-state index contributed by atoms with van der Waals surface area (Å²) in [5, 5.41) is 3.24. The van der Waals surface area contributed by atoms with Crippen molar-refractivity contribution in [1.29, 1.82) is 0 Å². The fourth-order valence-electron chi connectivity index (χ4n) is 1.96. The lowest BCUT2D eigenvalue weighted by molar-refractivity contribution is 0.621. The SMILES string of the molecule is CCNc1nc(-c2ccc(F)cn2)nc(C)c1CC. The first-order valence-corrected chi connectivity index (χ1v) is 6.39. The molecule has 0 fully saturated rings. The normalized spacial score (nSPS) is 10.5. The standard InChI is InChI=1S/C14H17FN4/c1-4-11-9(3)18-14(19-13(11)16-5-2)12-7-6-10(15)8-17-12/h6-8H,4-5H2,1-3H3,(H,16,18,19). The van der Waals surface area contributed by atoms with E-state index >= 15 is 0 Å². The third-order valence-corrected chi connectivity index (χ3v) is 2.87. The van der Waals surface area contributed by atoms with Crippen molar-refractivity contribution in [2.45, 2.75) is 27.2 Å². The summed E-state index contributed by atoms with van der Waals surface area (Å²) in [6.07, 6.45) is 2.04. The molecule has 0 bridgehead atoms. The molecule has 1 N–H and O–H groups in total. The highest BCUT2D eigenvalue weighted by atomic mass is 19.1. The predicted octanol–water partition coefficient (Wildman–Crippen LogP) is 2.98. The number of nitrogens with zero attached hydrogens (tertiary/aromatic N) is 3. The summed E-state index contributed by atoms with van der Waals surface area (Å²) >= 11 is 0. The summed E-state index contributed by atoms with van der Waals surface area (Å²) < 4.78 is 12.9. The summed E-state index contributed by atoms with van der Waals surface area (Å²) in [5.74, 6) is 0.988. The van der Waals surface area contributed by atoms with Crippen molar-refractivity contribution in [2.75, 3.05) is 11.9 Å². The molecule has 0 radical (unpaired) electrons. The Kier molecular flexibility index (Phi) is 4.04. The summed E-state index contributed by atoms with van der Waals surface area (Å²) in [6.45, 7) is 6.84. The van der Waals surface area contributed by atoms with Gasteiger partial charge in [-0.25, -0.2) is 19.3 Å². The largest absolute Gasteiger partial charge is 0.370 e. The molecule has 0 aliphatic heterocycles. The molecule has 2 heterocycles. The van der Waals surface area contributed by atoms with Crippen molar-refractivity contribution in [2.24, 2.45) is 0 Å². The highest BCUT2D eigenvalue weighted by Crippen LogP contribution is 2.21. The fourth-order valence-corrected chi connectivity index (χ4v) is 1.96. The zero-order valence-corrected chi connectivity index (χ0v) is 11.4. The van der Waals surface area contributed by atoms with Crippen LogP contribution in [0.5, 0.6) is 0 Å². The highest BCUT2D eigenvalue weighted by molar-refractivity contribution is 5.56. The van der Waals surface area contributed by atoms with Crippen LogP contribution in [0.4, 0.5) is 10.2 Å². The van der Waals surface area contributed by atoms with Gasteiger partial charge >= 0.3 is 0 Å². The molecular weight excluding hydrogens is 243 g/mol. The van der Waals surface area contributed by atoms with Gasteiger partial charge in [0.1, 0.15) is 17.3 Å². The van der Waals surface area contributed by atoms with E-state index in [-0.39, 0.29) is 5.82 Å². The monoisotopic (exact) mass is 260 g/mol. The average molecular weight is 260 g/mol. The van der Waals surface area contributed by atoms with E-state index in [0.717, 1.165) is 30.0 Å². The topological polar surface area (TPSA) is 50.7 Å². The Hall–Kier alpha value is -2.04. The van der Waals surface area contributed by atoms with Crippen LogP contribution in [0.2, 0.25) is 0 Å². The number of aromatic nitrogens is 3. The molecule has 5 heteroatoms. The van der Waals surface area contributed by atoms with E-state index in [9.17, 15) is 4.39 Å². The maximum absolute atomic E-state index is 12.9. The smallest absolute Gasteiger partial charge is 0.180 e. The van der Waals surface area contributed by atoms with E-state index in [1.165, 1.54) is 12.3 Å². The first kappa shape index (κ1) is 13.4. The molecule has 2 aromatic rings. The van der Waals surface area contributed by atoms with Crippen molar-refractivity contribution in [3.63, 3.8) is 0 Å². The molecule has 0 unspecified atom stereocenters. The number of hydrogen-bond donors (Lipinski definition) is 1. The molecule has 0 aromatic carbocycles. The van der Waals surface area contributed by atoms with E-state index in [2.05, 4.69) is 27.2 Å². The number of anilines is 1. The predicted molar refractivity (Wildman–Crippen MR) is 73.5 cm³/mol. The number of hydrogen-bond acceptors (Lipinski definition) is 4. The van der Waals surface area contributed by atoms with Crippen LogP contribution in [0.25, 0.3) is 11.5 Å². The van der Waals surface area contributed by atoms with Crippen LogP contribution in [0.1, 0.15) is 25.1 Å². The van der Waals surface area contributed by atoms with Crippen molar-refractivity contribution < 1.29 is 4.39 Å². The van der Waals surface area contributed by atoms with E-state index in [1.807, 2.05) is 13.8 Å². The average Bonchev–Trinajstić information content (AvgIpc) is 2.39. The molecule has 19 heavy (non-hydrogen) atoms.